The predicted molar refractivity (Wildman–Crippen MR) is 124 cm³/mol. The Morgan fingerprint density at radius 2 is 1.64 bits per heavy atom. The Hall–Kier alpha value is -2.16. The number of nitrogens with zero attached hydrogens (tertiary/aromatic N) is 2. The first-order valence-electron chi connectivity index (χ1n) is 8.95. The molecule has 0 unspecified atom stereocenters. The van der Waals surface area contributed by atoms with Crippen LogP contribution in [0.5, 0.6) is 17.2 Å². The summed E-state index contributed by atoms with van der Waals surface area (Å²) in [5.74, 6) is 2.69. The van der Waals surface area contributed by atoms with E-state index in [1.807, 2.05) is 37.4 Å². The number of guanidine groups is 1. The number of hydrogen-bond acceptors (Lipinski definition) is 4. The molecule has 154 valence electrons. The van der Waals surface area contributed by atoms with Gasteiger partial charge >= 0.3 is 0 Å². The van der Waals surface area contributed by atoms with E-state index >= 15 is 0 Å². The summed E-state index contributed by atoms with van der Waals surface area (Å²) in [7, 11) is 6.86. The number of benzene rings is 2. The zero-order valence-electron chi connectivity index (χ0n) is 17.2. The molecule has 0 aliphatic heterocycles. The Morgan fingerprint density at radius 1 is 0.964 bits per heavy atom. The Kier molecular flexibility index (Phi) is 10.5. The van der Waals surface area contributed by atoms with E-state index in [0.717, 1.165) is 24.6 Å². The first kappa shape index (κ1) is 23.9. The topological polar surface area (TPSA) is 55.3 Å². The van der Waals surface area contributed by atoms with Crippen molar-refractivity contribution in [2.45, 2.75) is 20.0 Å². The van der Waals surface area contributed by atoms with Crippen LogP contribution < -0.4 is 19.5 Å². The lowest BCUT2D eigenvalue weighted by atomic mass is 10.1. The fourth-order valence-electron chi connectivity index (χ4n) is 2.85. The van der Waals surface area contributed by atoms with E-state index in [-0.39, 0.29) is 24.0 Å². The lowest BCUT2D eigenvalue weighted by Gasteiger charge is -2.22. The van der Waals surface area contributed by atoms with Gasteiger partial charge in [-0.3, -0.25) is 0 Å². The molecule has 0 spiro atoms. The van der Waals surface area contributed by atoms with Crippen LogP contribution in [-0.4, -0.2) is 45.8 Å². The van der Waals surface area contributed by atoms with Crippen molar-refractivity contribution >= 4 is 29.9 Å². The van der Waals surface area contributed by atoms with Crippen LogP contribution in [0, 0.1) is 0 Å². The van der Waals surface area contributed by atoms with Gasteiger partial charge in [0.05, 0.1) is 27.9 Å². The first-order chi connectivity index (χ1) is 13.1. The second-order valence-electron chi connectivity index (χ2n) is 6.01. The van der Waals surface area contributed by atoms with Gasteiger partial charge in [-0.25, -0.2) is 4.99 Å². The standard InChI is InChI=1S/C21H29N3O3.HI/c1-6-22-21(24(2)15-16-10-8-7-9-11-16)23-14-17-12-13-18(25-3)20(27-5)19(17)26-4;/h7-13H,6,14-15H2,1-5H3,(H,22,23);1H. The number of nitrogens with one attached hydrogen (secondary N) is 1. The molecule has 0 heterocycles. The highest BCUT2D eigenvalue weighted by Gasteiger charge is 2.16. The average molecular weight is 499 g/mol. The molecule has 1 N–H and O–H groups in total. The third-order valence-electron chi connectivity index (χ3n) is 4.14. The van der Waals surface area contributed by atoms with Crippen LogP contribution in [0.3, 0.4) is 0 Å². The zero-order valence-corrected chi connectivity index (χ0v) is 19.5. The Labute approximate surface area is 184 Å². The van der Waals surface area contributed by atoms with Gasteiger partial charge in [0, 0.05) is 25.7 Å². The van der Waals surface area contributed by atoms with Gasteiger partial charge in [-0.05, 0) is 24.6 Å². The van der Waals surface area contributed by atoms with Crippen molar-refractivity contribution in [1.82, 2.24) is 10.2 Å². The highest BCUT2D eigenvalue weighted by Crippen LogP contribution is 2.39. The quantitative estimate of drug-likeness (QED) is 0.339. The highest BCUT2D eigenvalue weighted by molar-refractivity contribution is 14.0. The molecule has 0 aliphatic carbocycles. The molecule has 0 amide bonds. The van der Waals surface area contributed by atoms with Crippen molar-refractivity contribution < 1.29 is 14.2 Å². The molecule has 0 saturated heterocycles. The van der Waals surface area contributed by atoms with Crippen molar-refractivity contribution in [3.05, 3.63) is 53.6 Å². The summed E-state index contributed by atoms with van der Waals surface area (Å²) in [4.78, 5) is 6.88. The second-order valence-corrected chi connectivity index (χ2v) is 6.01. The number of hydrogen-bond donors (Lipinski definition) is 1. The van der Waals surface area contributed by atoms with Crippen LogP contribution in [0.1, 0.15) is 18.1 Å². The molecular formula is C21H30IN3O3. The molecule has 0 aliphatic rings. The summed E-state index contributed by atoms with van der Waals surface area (Å²) >= 11 is 0. The molecule has 28 heavy (non-hydrogen) atoms. The van der Waals surface area contributed by atoms with Crippen LogP contribution >= 0.6 is 24.0 Å². The highest BCUT2D eigenvalue weighted by atomic mass is 127. The predicted octanol–water partition coefficient (Wildman–Crippen LogP) is 3.93. The molecule has 0 radical (unpaired) electrons. The summed E-state index contributed by atoms with van der Waals surface area (Å²) in [6, 6.07) is 14.1. The van der Waals surface area contributed by atoms with Gasteiger partial charge in [-0.1, -0.05) is 30.3 Å². The third kappa shape index (κ3) is 6.19. The lowest BCUT2D eigenvalue weighted by Crippen LogP contribution is -2.38. The van der Waals surface area contributed by atoms with Gasteiger partial charge in [0.15, 0.2) is 17.5 Å². The Bertz CT molecular complexity index is 754. The summed E-state index contributed by atoms with van der Waals surface area (Å²) in [5.41, 5.74) is 2.16. The fourth-order valence-corrected chi connectivity index (χ4v) is 2.85. The van der Waals surface area contributed by atoms with Crippen molar-refractivity contribution in [1.29, 1.82) is 0 Å². The summed E-state index contributed by atoms with van der Waals surface area (Å²) < 4.78 is 16.3. The van der Waals surface area contributed by atoms with Crippen molar-refractivity contribution in [2.75, 3.05) is 34.9 Å². The summed E-state index contributed by atoms with van der Waals surface area (Å²) in [6.07, 6.45) is 0. The molecule has 2 aromatic rings. The van der Waals surface area contributed by atoms with E-state index in [1.54, 1.807) is 21.3 Å². The smallest absolute Gasteiger partial charge is 0.203 e. The molecule has 2 aromatic carbocycles. The maximum atomic E-state index is 5.55. The molecule has 0 saturated carbocycles. The minimum Gasteiger partial charge on any atom is -0.493 e. The van der Waals surface area contributed by atoms with Gasteiger partial charge in [-0.15, -0.1) is 24.0 Å². The van der Waals surface area contributed by atoms with Crippen molar-refractivity contribution in [2.24, 2.45) is 4.99 Å². The van der Waals surface area contributed by atoms with Crippen LogP contribution in [0.4, 0.5) is 0 Å². The van der Waals surface area contributed by atoms with Crippen molar-refractivity contribution in [3.8, 4) is 17.2 Å². The van der Waals surface area contributed by atoms with E-state index in [2.05, 4.69) is 29.3 Å². The average Bonchev–Trinajstić information content (AvgIpc) is 2.70. The Balaban J connectivity index is 0.00000392. The molecule has 0 aromatic heterocycles. The van der Waals surface area contributed by atoms with Gasteiger partial charge < -0.3 is 24.4 Å². The first-order valence-corrected chi connectivity index (χ1v) is 8.95. The fraction of sp³-hybridized carbons (Fsp3) is 0.381. The van der Waals surface area contributed by atoms with Crippen LogP contribution in [0.2, 0.25) is 0 Å². The normalized spacial score (nSPS) is 10.7. The third-order valence-corrected chi connectivity index (χ3v) is 4.14. The number of ether oxygens (including phenoxy) is 3. The van der Waals surface area contributed by atoms with E-state index in [9.17, 15) is 0 Å². The van der Waals surface area contributed by atoms with Gasteiger partial charge in [-0.2, -0.15) is 0 Å². The minimum absolute atomic E-state index is 0. The van der Waals surface area contributed by atoms with Crippen LogP contribution in [0.15, 0.2) is 47.5 Å². The second kappa shape index (κ2) is 12.3. The van der Waals surface area contributed by atoms with E-state index in [0.29, 0.717) is 23.8 Å². The van der Waals surface area contributed by atoms with Crippen LogP contribution in [-0.2, 0) is 13.1 Å². The van der Waals surface area contributed by atoms with Gasteiger partial charge in [0.1, 0.15) is 0 Å². The summed E-state index contributed by atoms with van der Waals surface area (Å²) in [5, 5.41) is 3.34. The molecule has 0 fully saturated rings. The number of halogens is 1. The van der Waals surface area contributed by atoms with Gasteiger partial charge in [0.2, 0.25) is 5.75 Å². The molecule has 0 atom stereocenters. The van der Waals surface area contributed by atoms with Crippen LogP contribution in [0.25, 0.3) is 0 Å². The SMILES string of the molecule is CCNC(=NCc1ccc(OC)c(OC)c1OC)N(C)Cc1ccccc1.I. The molecule has 2 rings (SSSR count). The summed E-state index contributed by atoms with van der Waals surface area (Å²) in [6.45, 7) is 4.09. The molecule has 6 nitrogen and oxygen atoms in total. The maximum absolute atomic E-state index is 5.55. The molecular weight excluding hydrogens is 469 g/mol. The lowest BCUT2D eigenvalue weighted by molar-refractivity contribution is 0.322. The Morgan fingerprint density at radius 3 is 2.21 bits per heavy atom. The monoisotopic (exact) mass is 499 g/mol. The van der Waals surface area contributed by atoms with E-state index in [1.165, 1.54) is 5.56 Å². The van der Waals surface area contributed by atoms with Crippen molar-refractivity contribution in [3.63, 3.8) is 0 Å². The minimum atomic E-state index is 0. The van der Waals surface area contributed by atoms with E-state index in [4.69, 9.17) is 19.2 Å². The molecule has 7 heteroatoms. The molecule has 0 bridgehead atoms. The maximum Gasteiger partial charge on any atom is 0.203 e. The number of methoxy groups -OCH3 is 3. The number of rotatable bonds is 8. The number of aliphatic imine (C=N–C) groups is 1. The van der Waals surface area contributed by atoms with Gasteiger partial charge in [0.25, 0.3) is 0 Å². The van der Waals surface area contributed by atoms with E-state index < -0.39 is 0 Å². The zero-order chi connectivity index (χ0) is 19.6. The largest absolute Gasteiger partial charge is 0.493 e.